The third-order valence-electron chi connectivity index (χ3n) is 4.25. The first-order valence-corrected chi connectivity index (χ1v) is 9.13. The number of aromatic hydroxyl groups is 1. The zero-order valence-corrected chi connectivity index (χ0v) is 14.8. The molecule has 2 aromatic carbocycles. The van der Waals surface area contributed by atoms with Crippen LogP contribution in [0.2, 0.25) is 0 Å². The number of nitrogens with one attached hydrogen (secondary N) is 1. The predicted molar refractivity (Wildman–Crippen MR) is 99.3 cm³/mol. The first kappa shape index (κ1) is 16.7. The standard InChI is InChI=1S/C19H16FN3O2S/c1-11-17-18(12-3-2-4-15(24)9-12)26-10-16(25)21-19(17)23(22-11)14-7-5-13(20)6-8-14/h2-9,18,24H,10H2,1H3,(H,21,25)/t18-/m1/s1. The van der Waals surface area contributed by atoms with Crippen molar-refractivity contribution in [2.24, 2.45) is 0 Å². The molecule has 1 aromatic heterocycles. The molecule has 4 rings (SSSR count). The van der Waals surface area contributed by atoms with Gasteiger partial charge in [0.1, 0.15) is 17.4 Å². The van der Waals surface area contributed by atoms with Crippen LogP contribution in [0.25, 0.3) is 5.69 Å². The molecule has 2 heterocycles. The van der Waals surface area contributed by atoms with E-state index in [0.29, 0.717) is 11.5 Å². The maximum atomic E-state index is 13.3. The third-order valence-corrected chi connectivity index (χ3v) is 5.52. The minimum Gasteiger partial charge on any atom is -0.508 e. The molecule has 0 spiro atoms. The molecule has 0 bridgehead atoms. The first-order chi connectivity index (χ1) is 12.5. The average molecular weight is 369 g/mol. The molecule has 2 N–H and O–H groups in total. The summed E-state index contributed by atoms with van der Waals surface area (Å²) in [4.78, 5) is 12.3. The van der Waals surface area contributed by atoms with Gasteiger partial charge in [0.2, 0.25) is 5.91 Å². The van der Waals surface area contributed by atoms with Crippen molar-refractivity contribution in [3.8, 4) is 11.4 Å². The van der Waals surface area contributed by atoms with Crippen LogP contribution in [0.3, 0.4) is 0 Å². The van der Waals surface area contributed by atoms with Crippen LogP contribution in [0.4, 0.5) is 10.2 Å². The number of rotatable bonds is 2. The van der Waals surface area contributed by atoms with Crippen LogP contribution in [0.5, 0.6) is 5.75 Å². The average Bonchev–Trinajstić information content (AvgIpc) is 2.82. The molecule has 7 heteroatoms. The number of fused-ring (bicyclic) bond motifs is 1. The molecule has 3 aromatic rings. The number of nitrogens with zero attached hydrogens (tertiary/aromatic N) is 2. The highest BCUT2D eigenvalue weighted by Gasteiger charge is 2.30. The van der Waals surface area contributed by atoms with E-state index < -0.39 is 0 Å². The van der Waals surface area contributed by atoms with Gasteiger partial charge in [-0.3, -0.25) is 4.79 Å². The zero-order chi connectivity index (χ0) is 18.3. The van der Waals surface area contributed by atoms with Crippen molar-refractivity contribution in [3.63, 3.8) is 0 Å². The monoisotopic (exact) mass is 369 g/mol. The van der Waals surface area contributed by atoms with E-state index in [1.165, 1.54) is 23.9 Å². The maximum absolute atomic E-state index is 13.3. The Balaban J connectivity index is 1.89. The van der Waals surface area contributed by atoms with E-state index in [2.05, 4.69) is 10.4 Å². The highest BCUT2D eigenvalue weighted by molar-refractivity contribution is 8.00. The van der Waals surface area contributed by atoms with Crippen LogP contribution in [0.1, 0.15) is 22.1 Å². The van der Waals surface area contributed by atoms with Crippen molar-refractivity contribution in [1.29, 1.82) is 0 Å². The predicted octanol–water partition coefficient (Wildman–Crippen LogP) is 3.80. The molecule has 0 aliphatic carbocycles. The summed E-state index contributed by atoms with van der Waals surface area (Å²) in [7, 11) is 0. The summed E-state index contributed by atoms with van der Waals surface area (Å²) in [5.41, 5.74) is 3.22. The number of benzene rings is 2. The summed E-state index contributed by atoms with van der Waals surface area (Å²) in [5.74, 6) is 0.593. The van der Waals surface area contributed by atoms with Gasteiger partial charge in [-0.15, -0.1) is 11.8 Å². The van der Waals surface area contributed by atoms with Gasteiger partial charge in [0, 0.05) is 5.56 Å². The van der Waals surface area contributed by atoms with Gasteiger partial charge < -0.3 is 10.4 Å². The Morgan fingerprint density at radius 3 is 2.77 bits per heavy atom. The summed E-state index contributed by atoms with van der Waals surface area (Å²) >= 11 is 1.49. The number of hydrogen-bond acceptors (Lipinski definition) is 4. The van der Waals surface area contributed by atoms with E-state index in [9.17, 15) is 14.3 Å². The van der Waals surface area contributed by atoms with E-state index in [-0.39, 0.29) is 28.5 Å². The normalized spacial score (nSPS) is 16.7. The van der Waals surface area contributed by atoms with Crippen LogP contribution < -0.4 is 5.32 Å². The summed E-state index contributed by atoms with van der Waals surface area (Å²) < 4.78 is 14.9. The van der Waals surface area contributed by atoms with Crippen molar-refractivity contribution < 1.29 is 14.3 Å². The molecule has 26 heavy (non-hydrogen) atoms. The summed E-state index contributed by atoms with van der Waals surface area (Å²) in [6.45, 7) is 1.88. The Morgan fingerprint density at radius 2 is 2.04 bits per heavy atom. The molecule has 1 aliphatic heterocycles. The van der Waals surface area contributed by atoms with Crippen LogP contribution in [-0.4, -0.2) is 26.5 Å². The highest BCUT2D eigenvalue weighted by atomic mass is 32.2. The summed E-state index contributed by atoms with van der Waals surface area (Å²) in [6.07, 6.45) is 0. The fourth-order valence-corrected chi connectivity index (χ4v) is 4.28. The molecule has 1 atom stereocenters. The summed E-state index contributed by atoms with van der Waals surface area (Å²) in [6, 6.07) is 13.0. The maximum Gasteiger partial charge on any atom is 0.235 e. The number of thioether (sulfide) groups is 1. The van der Waals surface area contributed by atoms with Crippen molar-refractivity contribution in [2.45, 2.75) is 12.2 Å². The van der Waals surface area contributed by atoms with E-state index in [0.717, 1.165) is 16.8 Å². The van der Waals surface area contributed by atoms with Gasteiger partial charge in [0.25, 0.3) is 0 Å². The van der Waals surface area contributed by atoms with Gasteiger partial charge in [-0.2, -0.15) is 5.10 Å². The lowest BCUT2D eigenvalue weighted by Gasteiger charge is -2.15. The van der Waals surface area contributed by atoms with Crippen molar-refractivity contribution in [1.82, 2.24) is 9.78 Å². The molecule has 1 aliphatic rings. The van der Waals surface area contributed by atoms with Crippen LogP contribution >= 0.6 is 11.8 Å². The number of hydrogen-bond donors (Lipinski definition) is 2. The lowest BCUT2D eigenvalue weighted by atomic mass is 10.0. The van der Waals surface area contributed by atoms with Gasteiger partial charge in [0.05, 0.1) is 22.4 Å². The molecular weight excluding hydrogens is 353 g/mol. The fraction of sp³-hybridized carbons (Fsp3) is 0.158. The molecule has 5 nitrogen and oxygen atoms in total. The van der Waals surface area contributed by atoms with Gasteiger partial charge in [0.15, 0.2) is 0 Å². The van der Waals surface area contributed by atoms with Gasteiger partial charge >= 0.3 is 0 Å². The fourth-order valence-electron chi connectivity index (χ4n) is 3.10. The minimum absolute atomic E-state index is 0.123. The Bertz CT molecular complexity index is 985. The lowest BCUT2D eigenvalue weighted by Crippen LogP contribution is -2.15. The molecule has 132 valence electrons. The minimum atomic E-state index is -0.332. The molecule has 0 fully saturated rings. The smallest absolute Gasteiger partial charge is 0.235 e. The molecule has 0 saturated heterocycles. The Labute approximate surface area is 153 Å². The first-order valence-electron chi connectivity index (χ1n) is 8.09. The van der Waals surface area contributed by atoms with E-state index in [1.807, 2.05) is 13.0 Å². The second-order valence-corrected chi connectivity index (χ2v) is 7.16. The van der Waals surface area contributed by atoms with Crippen molar-refractivity contribution in [3.05, 3.63) is 71.2 Å². The number of halogens is 1. The number of aromatic nitrogens is 2. The molecule has 0 saturated carbocycles. The van der Waals surface area contributed by atoms with Crippen LogP contribution in [0.15, 0.2) is 48.5 Å². The lowest BCUT2D eigenvalue weighted by molar-refractivity contribution is -0.113. The SMILES string of the molecule is Cc1nn(-c2ccc(F)cc2)c2c1[C@@H](c1cccc(O)c1)SCC(=O)N2. The summed E-state index contributed by atoms with van der Waals surface area (Å²) in [5, 5.41) is 17.2. The number of anilines is 1. The van der Waals surface area contributed by atoms with E-state index in [1.54, 1.807) is 35.0 Å². The molecule has 0 unspecified atom stereocenters. The molecular formula is C19H16FN3O2S. The second-order valence-electron chi connectivity index (χ2n) is 6.07. The topological polar surface area (TPSA) is 67.1 Å². The number of aryl methyl sites for hydroxylation is 1. The van der Waals surface area contributed by atoms with Crippen LogP contribution in [-0.2, 0) is 4.79 Å². The van der Waals surface area contributed by atoms with E-state index >= 15 is 0 Å². The van der Waals surface area contributed by atoms with E-state index in [4.69, 9.17) is 0 Å². The Hall–Kier alpha value is -2.80. The third kappa shape index (κ3) is 2.94. The van der Waals surface area contributed by atoms with Gasteiger partial charge in [-0.25, -0.2) is 9.07 Å². The number of carbonyl (C=O) groups is 1. The van der Waals surface area contributed by atoms with Crippen molar-refractivity contribution in [2.75, 3.05) is 11.1 Å². The highest BCUT2D eigenvalue weighted by Crippen LogP contribution is 2.44. The Morgan fingerprint density at radius 1 is 1.27 bits per heavy atom. The quantitative estimate of drug-likeness (QED) is 0.721. The zero-order valence-electron chi connectivity index (χ0n) is 13.9. The molecule has 0 radical (unpaired) electrons. The number of phenolic OH excluding ortho intramolecular Hbond substituents is 1. The number of amides is 1. The van der Waals surface area contributed by atoms with Gasteiger partial charge in [-0.1, -0.05) is 12.1 Å². The Kier molecular flexibility index (Phi) is 4.16. The largest absolute Gasteiger partial charge is 0.508 e. The van der Waals surface area contributed by atoms with Crippen molar-refractivity contribution >= 4 is 23.5 Å². The van der Waals surface area contributed by atoms with Gasteiger partial charge in [-0.05, 0) is 48.9 Å². The molecule has 1 amide bonds. The number of phenols is 1. The second kappa shape index (κ2) is 6.49. The number of carbonyl (C=O) groups excluding carboxylic acids is 1. The van der Waals surface area contributed by atoms with Crippen LogP contribution in [0, 0.1) is 12.7 Å².